The maximum Gasteiger partial charge on any atom is -0.0163 e. The van der Waals surface area contributed by atoms with Crippen molar-refractivity contribution >= 4 is 0 Å². The smallest absolute Gasteiger partial charge is 0.0163 e. The molecule has 0 nitrogen and oxygen atoms in total. The molecule has 0 amide bonds. The first-order valence-electron chi connectivity index (χ1n) is 8.92. The van der Waals surface area contributed by atoms with Gasteiger partial charge in [0.05, 0.1) is 0 Å². The predicted molar refractivity (Wildman–Crippen MR) is 99.7 cm³/mol. The average Bonchev–Trinajstić information content (AvgIpc) is 2.56. The molecule has 120 valence electrons. The highest BCUT2D eigenvalue weighted by Gasteiger charge is 2.26. The van der Waals surface area contributed by atoms with E-state index in [0.29, 0.717) is 11.8 Å². The van der Waals surface area contributed by atoms with Gasteiger partial charge in [0, 0.05) is 0 Å². The lowest BCUT2D eigenvalue weighted by molar-refractivity contribution is 0.364. The SMILES string of the molecule is C=C1C(Cc2ccccc2)CCCC1Cc1ccc(C)c(C)c1. The summed E-state index contributed by atoms with van der Waals surface area (Å²) < 4.78 is 0. The maximum atomic E-state index is 4.51. The van der Waals surface area contributed by atoms with Gasteiger partial charge in [-0.25, -0.2) is 0 Å². The van der Waals surface area contributed by atoms with Gasteiger partial charge in [0.1, 0.15) is 0 Å². The molecule has 0 bridgehead atoms. The average molecular weight is 304 g/mol. The summed E-state index contributed by atoms with van der Waals surface area (Å²) in [6.45, 7) is 8.91. The van der Waals surface area contributed by atoms with E-state index >= 15 is 0 Å². The van der Waals surface area contributed by atoms with Crippen molar-refractivity contribution in [1.29, 1.82) is 0 Å². The molecule has 0 aliphatic heterocycles. The van der Waals surface area contributed by atoms with E-state index in [1.807, 2.05) is 0 Å². The Hall–Kier alpha value is -1.82. The van der Waals surface area contributed by atoms with Gasteiger partial charge in [-0.05, 0) is 73.6 Å². The van der Waals surface area contributed by atoms with E-state index < -0.39 is 0 Å². The van der Waals surface area contributed by atoms with Crippen LogP contribution in [0, 0.1) is 25.7 Å². The maximum absolute atomic E-state index is 4.51. The number of hydrogen-bond donors (Lipinski definition) is 0. The quantitative estimate of drug-likeness (QED) is 0.602. The zero-order valence-corrected chi connectivity index (χ0v) is 14.5. The monoisotopic (exact) mass is 304 g/mol. The summed E-state index contributed by atoms with van der Waals surface area (Å²) in [4.78, 5) is 0. The topological polar surface area (TPSA) is 0 Å². The van der Waals surface area contributed by atoms with Gasteiger partial charge in [-0.3, -0.25) is 0 Å². The Kier molecular flexibility index (Phi) is 5.00. The zero-order valence-electron chi connectivity index (χ0n) is 14.5. The van der Waals surface area contributed by atoms with E-state index in [1.165, 1.54) is 47.1 Å². The summed E-state index contributed by atoms with van der Waals surface area (Å²) in [5.74, 6) is 1.31. The fourth-order valence-corrected chi connectivity index (χ4v) is 3.89. The van der Waals surface area contributed by atoms with Crippen LogP contribution < -0.4 is 0 Å². The summed E-state index contributed by atoms with van der Waals surface area (Å²) >= 11 is 0. The number of benzene rings is 2. The lowest BCUT2D eigenvalue weighted by Gasteiger charge is -2.32. The van der Waals surface area contributed by atoms with E-state index in [0.717, 1.165) is 12.8 Å². The van der Waals surface area contributed by atoms with Crippen molar-refractivity contribution in [3.8, 4) is 0 Å². The van der Waals surface area contributed by atoms with E-state index in [2.05, 4.69) is 69.0 Å². The molecule has 0 aromatic heterocycles. The van der Waals surface area contributed by atoms with Crippen LogP contribution in [-0.2, 0) is 12.8 Å². The number of aryl methyl sites for hydroxylation is 2. The summed E-state index contributed by atoms with van der Waals surface area (Å²) in [6, 6.07) is 17.8. The molecule has 2 atom stereocenters. The lowest BCUT2D eigenvalue weighted by Crippen LogP contribution is -2.22. The molecule has 1 aliphatic rings. The van der Waals surface area contributed by atoms with E-state index in [-0.39, 0.29) is 0 Å². The first-order valence-corrected chi connectivity index (χ1v) is 8.92. The molecular weight excluding hydrogens is 276 g/mol. The fraction of sp³-hybridized carbons (Fsp3) is 0.391. The summed E-state index contributed by atoms with van der Waals surface area (Å²) in [5.41, 5.74) is 7.20. The Morgan fingerprint density at radius 2 is 1.48 bits per heavy atom. The molecule has 2 aromatic rings. The van der Waals surface area contributed by atoms with E-state index in [1.54, 1.807) is 0 Å². The fourth-order valence-electron chi connectivity index (χ4n) is 3.89. The van der Waals surface area contributed by atoms with Crippen LogP contribution in [0.25, 0.3) is 0 Å². The highest BCUT2D eigenvalue weighted by molar-refractivity contribution is 5.31. The van der Waals surface area contributed by atoms with Crippen molar-refractivity contribution in [2.75, 3.05) is 0 Å². The minimum absolute atomic E-state index is 0.652. The number of allylic oxidation sites excluding steroid dienone is 1. The summed E-state index contributed by atoms with van der Waals surface area (Å²) in [5, 5.41) is 0. The molecule has 0 heteroatoms. The normalized spacial score (nSPS) is 21.4. The third-order valence-corrected chi connectivity index (χ3v) is 5.53. The Bertz CT molecular complexity index is 666. The van der Waals surface area contributed by atoms with Crippen molar-refractivity contribution in [3.05, 3.63) is 82.9 Å². The minimum atomic E-state index is 0.652. The highest BCUT2D eigenvalue weighted by Crippen LogP contribution is 2.37. The molecule has 1 fully saturated rings. The van der Waals surface area contributed by atoms with Crippen LogP contribution in [0.3, 0.4) is 0 Å². The second-order valence-electron chi connectivity index (χ2n) is 7.21. The minimum Gasteiger partial charge on any atom is -0.0993 e. The van der Waals surface area contributed by atoms with Gasteiger partial charge in [-0.1, -0.05) is 67.1 Å². The predicted octanol–water partition coefficient (Wildman–Crippen LogP) is 6.06. The first kappa shape index (κ1) is 16.1. The van der Waals surface area contributed by atoms with Crippen molar-refractivity contribution in [1.82, 2.24) is 0 Å². The van der Waals surface area contributed by atoms with Crippen LogP contribution in [0.15, 0.2) is 60.7 Å². The highest BCUT2D eigenvalue weighted by atomic mass is 14.3. The van der Waals surface area contributed by atoms with Gasteiger partial charge >= 0.3 is 0 Å². The molecule has 0 spiro atoms. The molecule has 1 aliphatic carbocycles. The molecule has 3 rings (SSSR count). The van der Waals surface area contributed by atoms with Crippen LogP contribution in [-0.4, -0.2) is 0 Å². The van der Waals surface area contributed by atoms with Crippen LogP contribution >= 0.6 is 0 Å². The Morgan fingerprint density at radius 1 is 0.826 bits per heavy atom. The summed E-state index contributed by atoms with van der Waals surface area (Å²) in [7, 11) is 0. The van der Waals surface area contributed by atoms with Crippen molar-refractivity contribution in [3.63, 3.8) is 0 Å². The molecule has 2 aromatic carbocycles. The third-order valence-electron chi connectivity index (χ3n) is 5.53. The summed E-state index contributed by atoms with van der Waals surface area (Å²) in [6.07, 6.45) is 6.26. The lowest BCUT2D eigenvalue weighted by atomic mass is 9.73. The van der Waals surface area contributed by atoms with Gasteiger partial charge in [-0.15, -0.1) is 0 Å². The van der Waals surface area contributed by atoms with Gasteiger partial charge in [0.15, 0.2) is 0 Å². The molecule has 2 unspecified atom stereocenters. The van der Waals surface area contributed by atoms with Gasteiger partial charge in [-0.2, -0.15) is 0 Å². The third kappa shape index (κ3) is 3.93. The molecular formula is C23H28. The largest absolute Gasteiger partial charge is 0.0993 e. The molecule has 0 heterocycles. The van der Waals surface area contributed by atoms with Crippen molar-refractivity contribution in [2.24, 2.45) is 11.8 Å². The van der Waals surface area contributed by atoms with Crippen LogP contribution in [0.5, 0.6) is 0 Å². The van der Waals surface area contributed by atoms with E-state index in [4.69, 9.17) is 0 Å². The number of hydrogen-bond acceptors (Lipinski definition) is 0. The first-order chi connectivity index (χ1) is 11.1. The zero-order chi connectivity index (χ0) is 16.2. The van der Waals surface area contributed by atoms with E-state index in [9.17, 15) is 0 Å². The molecule has 1 saturated carbocycles. The van der Waals surface area contributed by atoms with Gasteiger partial charge in [0.2, 0.25) is 0 Å². The standard InChI is InChI=1S/C23H28/c1-17-12-13-21(14-18(17)2)16-23-11-7-10-22(19(23)3)15-20-8-5-4-6-9-20/h4-6,8-9,12-14,22-23H,3,7,10-11,15-16H2,1-2H3. The molecule has 23 heavy (non-hydrogen) atoms. The van der Waals surface area contributed by atoms with Gasteiger partial charge in [0.25, 0.3) is 0 Å². The van der Waals surface area contributed by atoms with Crippen LogP contribution in [0.1, 0.15) is 41.5 Å². The van der Waals surface area contributed by atoms with Gasteiger partial charge < -0.3 is 0 Å². The molecule has 0 radical (unpaired) electrons. The Balaban J connectivity index is 1.68. The van der Waals surface area contributed by atoms with Crippen LogP contribution in [0.2, 0.25) is 0 Å². The van der Waals surface area contributed by atoms with Crippen LogP contribution in [0.4, 0.5) is 0 Å². The Labute approximate surface area is 141 Å². The molecule has 0 N–H and O–H groups in total. The second kappa shape index (κ2) is 7.17. The van der Waals surface area contributed by atoms with Crippen molar-refractivity contribution < 1.29 is 0 Å². The second-order valence-corrected chi connectivity index (χ2v) is 7.21. The number of rotatable bonds is 4. The Morgan fingerprint density at radius 3 is 2.13 bits per heavy atom. The molecule has 0 saturated heterocycles. The van der Waals surface area contributed by atoms with Crippen molar-refractivity contribution in [2.45, 2.75) is 46.0 Å².